The molecule has 0 fully saturated rings. The lowest BCUT2D eigenvalue weighted by atomic mass is 9.88. The summed E-state index contributed by atoms with van der Waals surface area (Å²) in [5.41, 5.74) is 5.12. The molecule has 21 heavy (non-hydrogen) atoms. The van der Waals surface area contributed by atoms with Gasteiger partial charge in [0.25, 0.3) is 0 Å². The maximum absolute atomic E-state index is 4.48. The summed E-state index contributed by atoms with van der Waals surface area (Å²) < 4.78 is 1.96. The highest BCUT2D eigenvalue weighted by molar-refractivity contribution is 5.24. The number of hydrogen-bond donors (Lipinski definition) is 1. The summed E-state index contributed by atoms with van der Waals surface area (Å²) in [6.07, 6.45) is 0. The van der Waals surface area contributed by atoms with Crippen LogP contribution in [-0.2, 0) is 13.6 Å². The summed E-state index contributed by atoms with van der Waals surface area (Å²) in [7, 11) is 2.01. The maximum atomic E-state index is 4.48. The first kappa shape index (κ1) is 15.8. The van der Waals surface area contributed by atoms with E-state index >= 15 is 0 Å². The fraction of sp³-hybridized carbons (Fsp3) is 0.500. The van der Waals surface area contributed by atoms with Crippen LogP contribution in [0.5, 0.6) is 0 Å². The van der Waals surface area contributed by atoms with Crippen LogP contribution in [0.4, 0.5) is 0 Å². The average molecular weight is 285 g/mol. The van der Waals surface area contributed by atoms with E-state index in [9.17, 15) is 0 Å². The second-order valence-electron chi connectivity index (χ2n) is 6.17. The summed E-state index contributed by atoms with van der Waals surface area (Å²) in [4.78, 5) is 0. The van der Waals surface area contributed by atoms with Gasteiger partial charge in [-0.15, -0.1) is 0 Å². The zero-order valence-electron chi connectivity index (χ0n) is 13.9. The number of aryl methyl sites for hydroxylation is 2. The molecule has 1 N–H and O–H groups in total. The number of hydrogen-bond acceptors (Lipinski definition) is 2. The molecule has 0 aliphatic carbocycles. The number of rotatable bonds is 6. The van der Waals surface area contributed by atoms with E-state index in [0.29, 0.717) is 11.8 Å². The van der Waals surface area contributed by atoms with Crippen molar-refractivity contribution in [2.24, 2.45) is 13.0 Å². The molecule has 0 saturated carbocycles. The lowest BCUT2D eigenvalue weighted by Crippen LogP contribution is -2.24. The van der Waals surface area contributed by atoms with Crippen LogP contribution in [0.15, 0.2) is 30.3 Å². The number of nitrogens with zero attached hydrogens (tertiary/aromatic N) is 2. The Bertz CT molecular complexity index is 570. The topological polar surface area (TPSA) is 29.9 Å². The van der Waals surface area contributed by atoms with Crippen LogP contribution in [0, 0.1) is 19.8 Å². The minimum atomic E-state index is 0.545. The van der Waals surface area contributed by atoms with E-state index in [-0.39, 0.29) is 0 Å². The van der Waals surface area contributed by atoms with Gasteiger partial charge < -0.3 is 5.32 Å². The van der Waals surface area contributed by atoms with Gasteiger partial charge in [-0.1, -0.05) is 44.2 Å². The van der Waals surface area contributed by atoms with Gasteiger partial charge >= 0.3 is 0 Å². The van der Waals surface area contributed by atoms with Crippen LogP contribution < -0.4 is 5.32 Å². The molecule has 1 unspecified atom stereocenters. The van der Waals surface area contributed by atoms with Crippen molar-refractivity contribution in [1.82, 2.24) is 15.1 Å². The molecule has 0 bridgehead atoms. The Balaban J connectivity index is 2.00. The Kier molecular flexibility index (Phi) is 5.18. The summed E-state index contributed by atoms with van der Waals surface area (Å²) >= 11 is 0. The molecule has 0 saturated heterocycles. The zero-order chi connectivity index (χ0) is 15.4. The van der Waals surface area contributed by atoms with Crippen molar-refractivity contribution in [2.45, 2.75) is 40.2 Å². The van der Waals surface area contributed by atoms with Crippen molar-refractivity contribution in [3.63, 3.8) is 0 Å². The molecule has 1 atom stereocenters. The van der Waals surface area contributed by atoms with E-state index in [2.05, 4.69) is 68.4 Å². The third-order valence-corrected chi connectivity index (χ3v) is 4.36. The molecule has 1 aromatic carbocycles. The summed E-state index contributed by atoms with van der Waals surface area (Å²) in [5.74, 6) is 1.17. The van der Waals surface area contributed by atoms with Crippen LogP contribution in [0.3, 0.4) is 0 Å². The Morgan fingerprint density at radius 1 is 1.14 bits per heavy atom. The second kappa shape index (κ2) is 6.90. The standard InChI is InChI=1S/C18H27N3/c1-13(2)17(16-9-7-6-8-10-16)11-19-12-18-14(3)20-21(5)15(18)4/h6-10,13,17,19H,11-12H2,1-5H3. The Labute approximate surface area is 128 Å². The molecule has 0 amide bonds. The fourth-order valence-electron chi connectivity index (χ4n) is 2.86. The van der Waals surface area contributed by atoms with Gasteiger partial charge in [-0.2, -0.15) is 5.10 Å². The second-order valence-corrected chi connectivity index (χ2v) is 6.17. The van der Waals surface area contributed by atoms with Crippen molar-refractivity contribution in [3.8, 4) is 0 Å². The molecule has 1 aromatic heterocycles. The SMILES string of the molecule is Cc1nn(C)c(C)c1CNCC(c1ccccc1)C(C)C. The first-order chi connectivity index (χ1) is 10.0. The highest BCUT2D eigenvalue weighted by atomic mass is 15.3. The minimum Gasteiger partial charge on any atom is -0.312 e. The molecule has 2 aromatic rings. The van der Waals surface area contributed by atoms with E-state index in [0.717, 1.165) is 18.8 Å². The molecular weight excluding hydrogens is 258 g/mol. The van der Waals surface area contributed by atoms with Crippen molar-refractivity contribution in [2.75, 3.05) is 6.54 Å². The highest BCUT2D eigenvalue weighted by Gasteiger charge is 2.16. The Hall–Kier alpha value is -1.61. The number of aromatic nitrogens is 2. The van der Waals surface area contributed by atoms with Crippen LogP contribution in [0.25, 0.3) is 0 Å². The normalized spacial score (nSPS) is 12.9. The van der Waals surface area contributed by atoms with Gasteiger partial charge in [0.05, 0.1) is 5.69 Å². The fourth-order valence-corrected chi connectivity index (χ4v) is 2.86. The van der Waals surface area contributed by atoms with E-state index in [1.54, 1.807) is 0 Å². The minimum absolute atomic E-state index is 0.545. The molecule has 3 heteroatoms. The molecule has 1 heterocycles. The van der Waals surface area contributed by atoms with Gasteiger partial charge in [0.15, 0.2) is 0 Å². The first-order valence-corrected chi connectivity index (χ1v) is 7.75. The third-order valence-electron chi connectivity index (χ3n) is 4.36. The van der Waals surface area contributed by atoms with Crippen molar-refractivity contribution < 1.29 is 0 Å². The third kappa shape index (κ3) is 3.73. The van der Waals surface area contributed by atoms with Gasteiger partial charge in [0.2, 0.25) is 0 Å². The van der Waals surface area contributed by atoms with E-state index < -0.39 is 0 Å². The molecule has 3 nitrogen and oxygen atoms in total. The molecule has 0 spiro atoms. The predicted molar refractivity (Wildman–Crippen MR) is 88.4 cm³/mol. The predicted octanol–water partition coefficient (Wildman–Crippen LogP) is 3.57. The summed E-state index contributed by atoms with van der Waals surface area (Å²) in [6.45, 7) is 10.7. The first-order valence-electron chi connectivity index (χ1n) is 7.75. The maximum Gasteiger partial charge on any atom is 0.0641 e. The summed E-state index contributed by atoms with van der Waals surface area (Å²) in [5, 5.41) is 8.10. The van der Waals surface area contributed by atoms with E-state index in [1.807, 2.05) is 11.7 Å². The van der Waals surface area contributed by atoms with Gasteiger partial charge in [0, 0.05) is 31.4 Å². The van der Waals surface area contributed by atoms with E-state index in [4.69, 9.17) is 0 Å². The molecule has 0 aliphatic heterocycles. The Morgan fingerprint density at radius 2 is 1.81 bits per heavy atom. The smallest absolute Gasteiger partial charge is 0.0641 e. The Morgan fingerprint density at radius 3 is 2.33 bits per heavy atom. The quantitative estimate of drug-likeness (QED) is 0.879. The monoisotopic (exact) mass is 285 g/mol. The molecule has 114 valence electrons. The number of nitrogens with one attached hydrogen (secondary N) is 1. The van der Waals surface area contributed by atoms with E-state index in [1.165, 1.54) is 16.8 Å². The van der Waals surface area contributed by atoms with Crippen LogP contribution in [0.2, 0.25) is 0 Å². The molecule has 0 aliphatic rings. The van der Waals surface area contributed by atoms with Crippen molar-refractivity contribution in [1.29, 1.82) is 0 Å². The van der Waals surface area contributed by atoms with Crippen LogP contribution in [0.1, 0.15) is 42.3 Å². The van der Waals surface area contributed by atoms with Gasteiger partial charge in [-0.05, 0) is 31.2 Å². The number of benzene rings is 1. The molecular formula is C18H27N3. The van der Waals surface area contributed by atoms with Crippen molar-refractivity contribution in [3.05, 3.63) is 52.8 Å². The zero-order valence-corrected chi connectivity index (χ0v) is 13.9. The lowest BCUT2D eigenvalue weighted by Gasteiger charge is -2.22. The van der Waals surface area contributed by atoms with Crippen LogP contribution in [-0.4, -0.2) is 16.3 Å². The van der Waals surface area contributed by atoms with Gasteiger partial charge in [-0.25, -0.2) is 0 Å². The highest BCUT2D eigenvalue weighted by Crippen LogP contribution is 2.23. The largest absolute Gasteiger partial charge is 0.312 e. The molecule has 2 rings (SSSR count). The van der Waals surface area contributed by atoms with Crippen molar-refractivity contribution >= 4 is 0 Å². The van der Waals surface area contributed by atoms with Gasteiger partial charge in [0.1, 0.15) is 0 Å². The van der Waals surface area contributed by atoms with Gasteiger partial charge in [-0.3, -0.25) is 4.68 Å². The average Bonchev–Trinajstić information content (AvgIpc) is 2.70. The molecule has 0 radical (unpaired) electrons. The lowest BCUT2D eigenvalue weighted by molar-refractivity contribution is 0.461. The van der Waals surface area contributed by atoms with Crippen LogP contribution >= 0.6 is 0 Å². The summed E-state index contributed by atoms with van der Waals surface area (Å²) in [6, 6.07) is 10.8.